The third-order valence-corrected chi connectivity index (χ3v) is 4.15. The Balaban J connectivity index is 2.16. The fourth-order valence-corrected chi connectivity index (χ4v) is 2.69. The van der Waals surface area contributed by atoms with Crippen LogP contribution in [0.4, 0.5) is 0 Å². The van der Waals surface area contributed by atoms with E-state index in [1.54, 1.807) is 36.4 Å². The summed E-state index contributed by atoms with van der Waals surface area (Å²) in [7, 11) is 0. The third kappa shape index (κ3) is 3.39. The standard InChI is InChI=1S/C20H20N4O2/c1-3-14(4-2)21-22-19(25)18-16-12-8-9-13-17(16)20(26)24(23-18)15-10-6-5-7-11-15/h5-13H,3-4H2,1-2H3,(H,22,25). The molecule has 0 bridgehead atoms. The number of hydrazone groups is 1. The fraction of sp³-hybridized carbons (Fsp3) is 0.200. The minimum Gasteiger partial charge on any atom is -0.267 e. The molecule has 0 saturated heterocycles. The highest BCUT2D eigenvalue weighted by atomic mass is 16.2. The van der Waals surface area contributed by atoms with Crippen molar-refractivity contribution in [3.63, 3.8) is 0 Å². The first-order valence-corrected chi connectivity index (χ1v) is 8.59. The van der Waals surface area contributed by atoms with Crippen molar-refractivity contribution in [2.24, 2.45) is 5.10 Å². The number of nitrogens with zero attached hydrogens (tertiary/aromatic N) is 3. The van der Waals surface area contributed by atoms with Gasteiger partial charge in [-0.2, -0.15) is 14.9 Å². The predicted octanol–water partition coefficient (Wildman–Crippen LogP) is 3.29. The molecule has 0 aliphatic rings. The molecule has 0 radical (unpaired) electrons. The van der Waals surface area contributed by atoms with Gasteiger partial charge in [-0.25, -0.2) is 5.43 Å². The van der Waals surface area contributed by atoms with Crippen LogP contribution in [0.1, 0.15) is 37.2 Å². The normalized spacial score (nSPS) is 10.5. The Kier molecular flexibility index (Phi) is 5.22. The molecule has 0 spiro atoms. The van der Waals surface area contributed by atoms with E-state index >= 15 is 0 Å². The van der Waals surface area contributed by atoms with Gasteiger partial charge in [0.2, 0.25) is 0 Å². The molecule has 2 aromatic carbocycles. The van der Waals surface area contributed by atoms with E-state index in [2.05, 4.69) is 15.6 Å². The summed E-state index contributed by atoms with van der Waals surface area (Å²) in [5.41, 5.74) is 3.95. The molecule has 0 atom stereocenters. The molecule has 0 unspecified atom stereocenters. The van der Waals surface area contributed by atoms with Crippen LogP contribution < -0.4 is 11.0 Å². The average Bonchev–Trinajstić information content (AvgIpc) is 2.70. The number of aromatic nitrogens is 2. The SMILES string of the molecule is CCC(CC)=NNC(=O)c1nn(-c2ccccc2)c(=O)c2ccccc12. The molecule has 3 rings (SSSR count). The van der Waals surface area contributed by atoms with Gasteiger partial charge in [-0.05, 0) is 31.0 Å². The lowest BCUT2D eigenvalue weighted by Gasteiger charge is -2.10. The summed E-state index contributed by atoms with van der Waals surface area (Å²) < 4.78 is 1.25. The molecule has 1 N–H and O–H groups in total. The fourth-order valence-electron chi connectivity index (χ4n) is 2.69. The largest absolute Gasteiger partial charge is 0.292 e. The third-order valence-electron chi connectivity index (χ3n) is 4.15. The van der Waals surface area contributed by atoms with Gasteiger partial charge in [0.15, 0.2) is 5.69 Å². The van der Waals surface area contributed by atoms with Crippen LogP contribution in [0.3, 0.4) is 0 Å². The van der Waals surface area contributed by atoms with Crippen molar-refractivity contribution < 1.29 is 4.79 Å². The van der Waals surface area contributed by atoms with Crippen molar-refractivity contribution in [2.45, 2.75) is 26.7 Å². The quantitative estimate of drug-likeness (QED) is 0.568. The predicted molar refractivity (Wildman–Crippen MR) is 103 cm³/mol. The molecule has 0 aliphatic heterocycles. The summed E-state index contributed by atoms with van der Waals surface area (Å²) >= 11 is 0. The zero-order valence-corrected chi connectivity index (χ0v) is 14.8. The second kappa shape index (κ2) is 7.74. The van der Waals surface area contributed by atoms with E-state index in [1.165, 1.54) is 4.68 Å². The number of hydrogen-bond acceptors (Lipinski definition) is 4. The van der Waals surface area contributed by atoms with Gasteiger partial charge < -0.3 is 0 Å². The van der Waals surface area contributed by atoms with E-state index < -0.39 is 5.91 Å². The number of nitrogens with one attached hydrogen (secondary N) is 1. The zero-order valence-electron chi connectivity index (χ0n) is 14.8. The maximum absolute atomic E-state index is 12.8. The maximum atomic E-state index is 12.8. The van der Waals surface area contributed by atoms with Crippen molar-refractivity contribution >= 4 is 22.4 Å². The molecular weight excluding hydrogens is 328 g/mol. The number of rotatable bonds is 5. The minimum atomic E-state index is -0.440. The topological polar surface area (TPSA) is 76.3 Å². The molecule has 6 heteroatoms. The van der Waals surface area contributed by atoms with Crippen LogP contribution in [0.5, 0.6) is 0 Å². The molecule has 1 amide bonds. The van der Waals surface area contributed by atoms with Crippen molar-refractivity contribution in [1.29, 1.82) is 0 Å². The highest BCUT2D eigenvalue weighted by molar-refractivity contribution is 6.05. The van der Waals surface area contributed by atoms with Crippen LogP contribution in [0.25, 0.3) is 16.5 Å². The smallest absolute Gasteiger partial charge is 0.267 e. The molecule has 132 valence electrons. The Morgan fingerprint density at radius 3 is 2.27 bits per heavy atom. The zero-order chi connectivity index (χ0) is 18.5. The van der Waals surface area contributed by atoms with Crippen molar-refractivity contribution in [1.82, 2.24) is 15.2 Å². The number of hydrogen-bond donors (Lipinski definition) is 1. The van der Waals surface area contributed by atoms with E-state index in [0.29, 0.717) is 16.5 Å². The molecule has 1 aromatic heterocycles. The summed E-state index contributed by atoms with van der Waals surface area (Å²) in [5.74, 6) is -0.440. The highest BCUT2D eigenvalue weighted by Gasteiger charge is 2.17. The Labute approximate surface area is 151 Å². The Morgan fingerprint density at radius 1 is 1.00 bits per heavy atom. The van der Waals surface area contributed by atoms with Crippen molar-refractivity contribution in [2.75, 3.05) is 0 Å². The lowest BCUT2D eigenvalue weighted by Crippen LogP contribution is -2.28. The van der Waals surface area contributed by atoms with Gasteiger partial charge in [-0.15, -0.1) is 0 Å². The van der Waals surface area contributed by atoms with Crippen LogP contribution in [0.15, 0.2) is 64.5 Å². The average molecular weight is 348 g/mol. The van der Waals surface area contributed by atoms with E-state index in [4.69, 9.17) is 0 Å². The number of para-hydroxylation sites is 1. The van der Waals surface area contributed by atoms with Gasteiger partial charge in [0.1, 0.15) is 0 Å². The van der Waals surface area contributed by atoms with Crippen molar-refractivity contribution in [3.05, 3.63) is 70.6 Å². The molecule has 26 heavy (non-hydrogen) atoms. The lowest BCUT2D eigenvalue weighted by atomic mass is 10.1. The molecule has 0 aliphatic carbocycles. The monoisotopic (exact) mass is 348 g/mol. The van der Waals surface area contributed by atoms with E-state index in [1.807, 2.05) is 32.0 Å². The number of benzene rings is 2. The van der Waals surface area contributed by atoms with Gasteiger partial charge >= 0.3 is 0 Å². The maximum Gasteiger partial charge on any atom is 0.292 e. The van der Waals surface area contributed by atoms with Crippen LogP contribution in [-0.2, 0) is 0 Å². The van der Waals surface area contributed by atoms with E-state index in [9.17, 15) is 9.59 Å². The van der Waals surface area contributed by atoms with Gasteiger partial charge in [-0.3, -0.25) is 9.59 Å². The van der Waals surface area contributed by atoms with E-state index in [0.717, 1.165) is 18.6 Å². The summed E-state index contributed by atoms with van der Waals surface area (Å²) in [4.78, 5) is 25.5. The van der Waals surface area contributed by atoms with Gasteiger partial charge in [-0.1, -0.05) is 50.2 Å². The molecular formula is C20H20N4O2. The van der Waals surface area contributed by atoms with Crippen LogP contribution in [0.2, 0.25) is 0 Å². The van der Waals surface area contributed by atoms with Gasteiger partial charge in [0.25, 0.3) is 11.5 Å². The number of amides is 1. The summed E-state index contributed by atoms with van der Waals surface area (Å²) in [6, 6.07) is 16.0. The van der Waals surface area contributed by atoms with Crippen LogP contribution >= 0.6 is 0 Å². The number of fused-ring (bicyclic) bond motifs is 1. The summed E-state index contributed by atoms with van der Waals surface area (Å²) in [6.45, 7) is 3.97. The van der Waals surface area contributed by atoms with E-state index in [-0.39, 0.29) is 11.3 Å². The van der Waals surface area contributed by atoms with Crippen LogP contribution in [0, 0.1) is 0 Å². The Morgan fingerprint density at radius 2 is 1.62 bits per heavy atom. The van der Waals surface area contributed by atoms with Gasteiger partial charge in [0, 0.05) is 11.1 Å². The van der Waals surface area contributed by atoms with Crippen molar-refractivity contribution in [3.8, 4) is 5.69 Å². The van der Waals surface area contributed by atoms with Crippen LogP contribution in [-0.4, -0.2) is 21.4 Å². The molecule has 0 saturated carbocycles. The first kappa shape index (κ1) is 17.5. The first-order valence-electron chi connectivity index (χ1n) is 8.59. The molecule has 3 aromatic rings. The first-order chi connectivity index (χ1) is 12.7. The second-order valence-corrected chi connectivity index (χ2v) is 5.77. The van der Waals surface area contributed by atoms with Gasteiger partial charge in [0.05, 0.1) is 11.1 Å². The Hall–Kier alpha value is -3.28. The second-order valence-electron chi connectivity index (χ2n) is 5.77. The number of carbonyl (C=O) groups excluding carboxylic acids is 1. The molecule has 0 fully saturated rings. The highest BCUT2D eigenvalue weighted by Crippen LogP contribution is 2.15. The molecule has 6 nitrogen and oxygen atoms in total. The minimum absolute atomic E-state index is 0.166. The summed E-state index contributed by atoms with van der Waals surface area (Å²) in [5, 5.41) is 9.42. The number of carbonyl (C=O) groups is 1. The lowest BCUT2D eigenvalue weighted by molar-refractivity contribution is 0.0950. The summed E-state index contributed by atoms with van der Waals surface area (Å²) in [6.07, 6.45) is 1.52. The Bertz CT molecular complexity index is 1020. The molecule has 1 heterocycles.